The van der Waals surface area contributed by atoms with E-state index in [1.807, 2.05) is 4.90 Å². The van der Waals surface area contributed by atoms with Crippen LogP contribution in [0.5, 0.6) is 5.75 Å². The second kappa shape index (κ2) is 6.08. The fourth-order valence-corrected chi connectivity index (χ4v) is 3.09. The predicted octanol–water partition coefficient (Wildman–Crippen LogP) is 4.55. The van der Waals surface area contributed by atoms with E-state index in [2.05, 4.69) is 0 Å². The molecule has 1 aliphatic heterocycles. The van der Waals surface area contributed by atoms with Crippen LogP contribution < -0.4 is 4.90 Å². The normalized spacial score (nSPS) is 14.7. The molecule has 0 saturated carbocycles. The minimum Gasteiger partial charge on any atom is -0.506 e. The Balaban J connectivity index is 2.34. The van der Waals surface area contributed by atoms with Gasteiger partial charge < -0.3 is 10.0 Å². The number of aromatic hydroxyl groups is 1. The van der Waals surface area contributed by atoms with Crippen LogP contribution in [0.4, 0.5) is 18.9 Å². The van der Waals surface area contributed by atoms with Gasteiger partial charge in [-0.25, -0.2) is 0 Å². The highest BCUT2D eigenvalue weighted by Gasteiger charge is 2.38. The molecule has 0 amide bonds. The Morgan fingerprint density at radius 3 is 2.25 bits per heavy atom. The Bertz CT molecular complexity index is 789. The molecule has 1 N–H and O–H groups in total. The van der Waals surface area contributed by atoms with Crippen molar-refractivity contribution in [2.45, 2.75) is 19.0 Å². The molecule has 0 bridgehead atoms. The zero-order valence-electron chi connectivity index (χ0n) is 12.8. The van der Waals surface area contributed by atoms with E-state index in [4.69, 9.17) is 0 Å². The monoisotopic (exact) mass is 332 g/mol. The number of nitrogens with zero attached hydrogens (tertiary/aromatic N) is 2. The zero-order valence-corrected chi connectivity index (χ0v) is 12.8. The molecule has 0 unspecified atom stereocenters. The van der Waals surface area contributed by atoms with Crippen LogP contribution in [0.2, 0.25) is 0 Å². The number of alkyl halides is 3. The first-order chi connectivity index (χ1) is 11.4. The summed E-state index contributed by atoms with van der Waals surface area (Å²) in [6.45, 7) is 1.30. The summed E-state index contributed by atoms with van der Waals surface area (Å²) in [6.07, 6.45) is -2.93. The maximum Gasteiger partial charge on any atom is 0.420 e. The van der Waals surface area contributed by atoms with E-state index < -0.39 is 17.5 Å². The molecule has 2 aromatic rings. The maximum atomic E-state index is 13.3. The van der Waals surface area contributed by atoms with Crippen LogP contribution in [0.3, 0.4) is 0 Å². The molecular formula is C18H15F3N2O. The molecule has 0 atom stereocenters. The molecule has 1 aliphatic rings. The highest BCUT2D eigenvalue weighted by atomic mass is 19.4. The van der Waals surface area contributed by atoms with Crippen molar-refractivity contribution in [3.05, 3.63) is 47.5 Å². The molecule has 1 fully saturated rings. The molecular weight excluding hydrogens is 317 g/mol. The topological polar surface area (TPSA) is 47.3 Å². The smallest absolute Gasteiger partial charge is 0.420 e. The average Bonchev–Trinajstić information content (AvgIpc) is 3.08. The molecule has 1 saturated heterocycles. The molecule has 0 aromatic heterocycles. The lowest BCUT2D eigenvalue weighted by atomic mass is 9.95. The Labute approximate surface area is 137 Å². The van der Waals surface area contributed by atoms with Gasteiger partial charge in [-0.1, -0.05) is 30.3 Å². The van der Waals surface area contributed by atoms with Gasteiger partial charge in [0.1, 0.15) is 17.4 Å². The molecule has 0 aliphatic carbocycles. The van der Waals surface area contributed by atoms with Crippen molar-refractivity contribution >= 4 is 5.69 Å². The summed E-state index contributed by atoms with van der Waals surface area (Å²) in [4.78, 5) is 1.88. The summed E-state index contributed by atoms with van der Waals surface area (Å²) in [5.74, 6) is -0.994. The lowest BCUT2D eigenvalue weighted by Crippen LogP contribution is -2.21. The van der Waals surface area contributed by atoms with Gasteiger partial charge in [0.25, 0.3) is 0 Å². The summed E-state index contributed by atoms with van der Waals surface area (Å²) < 4.78 is 39.9. The Kier molecular flexibility index (Phi) is 4.10. The SMILES string of the molecule is N#Cc1c(O)c(C(F)(F)F)cc(-c2ccccc2)c1N1CCCC1. The van der Waals surface area contributed by atoms with Crippen LogP contribution in [-0.4, -0.2) is 18.2 Å². The lowest BCUT2D eigenvalue weighted by molar-refractivity contribution is -0.138. The van der Waals surface area contributed by atoms with Gasteiger partial charge >= 0.3 is 6.18 Å². The van der Waals surface area contributed by atoms with Gasteiger partial charge in [0.05, 0.1) is 11.3 Å². The van der Waals surface area contributed by atoms with Gasteiger partial charge in [-0.05, 0) is 24.5 Å². The summed E-state index contributed by atoms with van der Waals surface area (Å²) >= 11 is 0. The minimum absolute atomic E-state index is 0.314. The van der Waals surface area contributed by atoms with E-state index in [-0.39, 0.29) is 5.56 Å². The molecule has 6 heteroatoms. The van der Waals surface area contributed by atoms with Crippen LogP contribution >= 0.6 is 0 Å². The van der Waals surface area contributed by atoms with Gasteiger partial charge in [-0.15, -0.1) is 0 Å². The number of anilines is 1. The van der Waals surface area contributed by atoms with Crippen molar-refractivity contribution < 1.29 is 18.3 Å². The fraction of sp³-hybridized carbons (Fsp3) is 0.278. The van der Waals surface area contributed by atoms with E-state index in [0.29, 0.717) is 29.9 Å². The molecule has 0 spiro atoms. The Hall–Kier alpha value is -2.68. The number of nitriles is 1. The molecule has 124 valence electrons. The van der Waals surface area contributed by atoms with Gasteiger partial charge in [-0.2, -0.15) is 18.4 Å². The van der Waals surface area contributed by atoms with E-state index in [1.54, 1.807) is 36.4 Å². The standard InChI is InChI=1S/C18H15F3N2O/c19-18(20,21)15-10-13(12-6-2-1-3-7-12)16(14(11-22)17(15)24)23-8-4-5-9-23/h1-3,6-7,10,24H,4-5,8-9H2. The van der Waals surface area contributed by atoms with Crippen LogP contribution in [0.1, 0.15) is 24.0 Å². The van der Waals surface area contributed by atoms with Gasteiger partial charge in [0.15, 0.2) is 0 Å². The number of phenols is 1. The number of halogens is 3. The number of benzene rings is 2. The fourth-order valence-electron chi connectivity index (χ4n) is 3.09. The van der Waals surface area contributed by atoms with Crippen LogP contribution in [-0.2, 0) is 6.18 Å². The minimum atomic E-state index is -4.73. The first kappa shape index (κ1) is 16.2. The van der Waals surface area contributed by atoms with Gasteiger partial charge in [-0.3, -0.25) is 0 Å². The first-order valence-corrected chi connectivity index (χ1v) is 7.61. The third-order valence-electron chi connectivity index (χ3n) is 4.20. The van der Waals surface area contributed by atoms with Crippen LogP contribution in [0.25, 0.3) is 11.1 Å². The van der Waals surface area contributed by atoms with Gasteiger partial charge in [0.2, 0.25) is 0 Å². The van der Waals surface area contributed by atoms with Crippen molar-refractivity contribution in [2.24, 2.45) is 0 Å². The summed E-state index contributed by atoms with van der Waals surface area (Å²) in [5.41, 5.74) is -0.210. The van der Waals surface area contributed by atoms with Gasteiger partial charge in [0, 0.05) is 18.7 Å². The average molecular weight is 332 g/mol. The van der Waals surface area contributed by atoms with Crippen molar-refractivity contribution in [3.63, 3.8) is 0 Å². The highest BCUT2D eigenvalue weighted by molar-refractivity contribution is 5.86. The summed E-state index contributed by atoms with van der Waals surface area (Å²) in [6, 6.07) is 11.4. The quantitative estimate of drug-likeness (QED) is 0.877. The Morgan fingerprint density at radius 2 is 1.71 bits per heavy atom. The third kappa shape index (κ3) is 2.78. The van der Waals surface area contributed by atoms with Crippen LogP contribution in [0, 0.1) is 11.3 Å². The molecule has 2 aromatic carbocycles. The number of rotatable bonds is 2. The Morgan fingerprint density at radius 1 is 1.08 bits per heavy atom. The van der Waals surface area contributed by atoms with E-state index >= 15 is 0 Å². The molecule has 24 heavy (non-hydrogen) atoms. The van der Waals surface area contributed by atoms with E-state index in [0.717, 1.165) is 18.9 Å². The van der Waals surface area contributed by atoms with Crippen molar-refractivity contribution in [1.29, 1.82) is 5.26 Å². The lowest BCUT2D eigenvalue weighted by Gasteiger charge is -2.25. The van der Waals surface area contributed by atoms with Crippen molar-refractivity contribution in [2.75, 3.05) is 18.0 Å². The van der Waals surface area contributed by atoms with E-state index in [9.17, 15) is 23.5 Å². The molecule has 3 nitrogen and oxygen atoms in total. The largest absolute Gasteiger partial charge is 0.506 e. The third-order valence-corrected chi connectivity index (χ3v) is 4.20. The van der Waals surface area contributed by atoms with Crippen LogP contribution in [0.15, 0.2) is 36.4 Å². The first-order valence-electron chi connectivity index (χ1n) is 7.61. The maximum absolute atomic E-state index is 13.3. The van der Waals surface area contributed by atoms with E-state index in [1.165, 1.54) is 0 Å². The van der Waals surface area contributed by atoms with Crippen molar-refractivity contribution in [3.8, 4) is 22.9 Å². The summed E-state index contributed by atoms with van der Waals surface area (Å²) in [7, 11) is 0. The second-order valence-electron chi connectivity index (χ2n) is 5.71. The summed E-state index contributed by atoms with van der Waals surface area (Å²) in [5, 5.41) is 19.5. The highest BCUT2D eigenvalue weighted by Crippen LogP contribution is 2.46. The number of hydrogen-bond donors (Lipinski definition) is 1. The predicted molar refractivity (Wildman–Crippen MR) is 84.7 cm³/mol. The molecule has 0 radical (unpaired) electrons. The molecule has 1 heterocycles. The van der Waals surface area contributed by atoms with Crippen molar-refractivity contribution in [1.82, 2.24) is 0 Å². The number of phenolic OH excluding ortho intramolecular Hbond substituents is 1. The second-order valence-corrected chi connectivity index (χ2v) is 5.71. The molecule has 3 rings (SSSR count). The zero-order chi connectivity index (χ0) is 17.3. The number of hydrogen-bond acceptors (Lipinski definition) is 3.